The quantitative estimate of drug-likeness (QED) is 0.846. The Labute approximate surface area is 128 Å². The average molecular weight is 310 g/mol. The molecule has 21 heavy (non-hydrogen) atoms. The molecule has 0 radical (unpaired) electrons. The van der Waals surface area contributed by atoms with E-state index in [1.807, 2.05) is 19.2 Å². The zero-order valence-corrected chi connectivity index (χ0v) is 13.2. The maximum atomic E-state index is 12.3. The molecule has 1 aliphatic rings. The van der Waals surface area contributed by atoms with Crippen LogP contribution in [0.2, 0.25) is 0 Å². The van der Waals surface area contributed by atoms with Crippen LogP contribution in [-0.2, 0) is 9.59 Å². The number of carbonyl (C=O) groups is 2. The number of aliphatic carboxylic acids is 1. The second-order valence-corrected chi connectivity index (χ2v) is 6.74. The number of carboxylic acid groups (broad SMARTS) is 1. The number of hydrogen-bond donors (Lipinski definition) is 2. The third-order valence-corrected chi connectivity index (χ3v) is 5.35. The predicted octanol–water partition coefficient (Wildman–Crippen LogP) is 2.50. The van der Waals surface area contributed by atoms with Crippen LogP contribution in [0.25, 0.3) is 0 Å². The molecular weight excluding hydrogens is 288 g/mol. The standard InChI is InChI=1S/C15H22N2O3S/c1-3-10-6-11(12(7-10)15(19)20)13(18)17-8-9(2)14-16-4-5-21-14/h4-5,9-12H,3,6-8H2,1-2H3,(H,17,18)(H,19,20)/t9?,10?,11-,12+/m0/s1. The molecule has 1 heterocycles. The summed E-state index contributed by atoms with van der Waals surface area (Å²) in [6.45, 7) is 4.57. The van der Waals surface area contributed by atoms with Crippen LogP contribution in [0.4, 0.5) is 0 Å². The number of amides is 1. The number of carbonyl (C=O) groups excluding carboxylic acids is 1. The maximum absolute atomic E-state index is 12.3. The lowest BCUT2D eigenvalue weighted by atomic mass is 9.95. The molecule has 1 aromatic rings. The molecule has 1 saturated carbocycles. The number of hydrogen-bond acceptors (Lipinski definition) is 4. The summed E-state index contributed by atoms with van der Waals surface area (Å²) in [7, 11) is 0. The van der Waals surface area contributed by atoms with Gasteiger partial charge in [-0.3, -0.25) is 9.59 Å². The highest BCUT2D eigenvalue weighted by Crippen LogP contribution is 2.38. The van der Waals surface area contributed by atoms with Crippen molar-refractivity contribution < 1.29 is 14.7 Å². The van der Waals surface area contributed by atoms with E-state index >= 15 is 0 Å². The molecule has 1 amide bonds. The van der Waals surface area contributed by atoms with Crippen molar-refractivity contribution in [2.45, 2.75) is 39.0 Å². The summed E-state index contributed by atoms with van der Waals surface area (Å²) in [6, 6.07) is 0. The molecule has 1 aliphatic carbocycles. The van der Waals surface area contributed by atoms with Crippen molar-refractivity contribution >= 4 is 23.2 Å². The fourth-order valence-corrected chi connectivity index (χ4v) is 3.69. The van der Waals surface area contributed by atoms with E-state index in [-0.39, 0.29) is 11.8 Å². The monoisotopic (exact) mass is 310 g/mol. The van der Waals surface area contributed by atoms with Crippen LogP contribution in [0.1, 0.15) is 44.0 Å². The van der Waals surface area contributed by atoms with Gasteiger partial charge >= 0.3 is 5.97 Å². The highest BCUT2D eigenvalue weighted by atomic mass is 32.1. The Bertz CT molecular complexity index is 489. The number of rotatable bonds is 6. The zero-order valence-electron chi connectivity index (χ0n) is 12.4. The van der Waals surface area contributed by atoms with Gasteiger partial charge in [-0.05, 0) is 18.8 Å². The van der Waals surface area contributed by atoms with Crippen molar-refractivity contribution in [3.63, 3.8) is 0 Å². The van der Waals surface area contributed by atoms with Crippen LogP contribution >= 0.6 is 11.3 Å². The summed E-state index contributed by atoms with van der Waals surface area (Å²) in [4.78, 5) is 27.9. The van der Waals surface area contributed by atoms with E-state index in [4.69, 9.17) is 0 Å². The van der Waals surface area contributed by atoms with Gasteiger partial charge in [0.2, 0.25) is 5.91 Å². The summed E-state index contributed by atoms with van der Waals surface area (Å²) < 4.78 is 0. The fourth-order valence-electron chi connectivity index (χ4n) is 2.99. The molecule has 0 aliphatic heterocycles. The minimum absolute atomic E-state index is 0.123. The van der Waals surface area contributed by atoms with Gasteiger partial charge in [0.25, 0.3) is 0 Å². The molecule has 2 N–H and O–H groups in total. The molecule has 0 aromatic carbocycles. The van der Waals surface area contributed by atoms with E-state index in [1.165, 1.54) is 0 Å². The number of nitrogens with one attached hydrogen (secondary N) is 1. The second kappa shape index (κ2) is 7.02. The Balaban J connectivity index is 1.91. The largest absolute Gasteiger partial charge is 0.481 e. The third kappa shape index (κ3) is 3.81. The van der Waals surface area contributed by atoms with Gasteiger partial charge in [0.15, 0.2) is 0 Å². The third-order valence-electron chi connectivity index (χ3n) is 4.35. The predicted molar refractivity (Wildman–Crippen MR) is 81.2 cm³/mol. The number of aromatic nitrogens is 1. The highest BCUT2D eigenvalue weighted by molar-refractivity contribution is 7.09. The zero-order chi connectivity index (χ0) is 15.4. The van der Waals surface area contributed by atoms with Gasteiger partial charge in [0.05, 0.1) is 16.8 Å². The van der Waals surface area contributed by atoms with Gasteiger partial charge in [-0.2, -0.15) is 0 Å². The van der Waals surface area contributed by atoms with Crippen LogP contribution in [0.3, 0.4) is 0 Å². The number of nitrogens with zero attached hydrogens (tertiary/aromatic N) is 1. The van der Waals surface area contributed by atoms with E-state index in [0.717, 1.165) is 11.4 Å². The van der Waals surface area contributed by atoms with E-state index in [0.29, 0.717) is 25.3 Å². The molecule has 0 saturated heterocycles. The SMILES string of the molecule is CCC1C[C@H](C(=O)NCC(C)c2nccs2)[C@H](C(=O)O)C1. The lowest BCUT2D eigenvalue weighted by molar-refractivity contribution is -0.146. The number of carboxylic acids is 1. The van der Waals surface area contributed by atoms with Crippen molar-refractivity contribution in [1.82, 2.24) is 10.3 Å². The first-order valence-electron chi connectivity index (χ1n) is 7.42. The maximum Gasteiger partial charge on any atom is 0.307 e. The van der Waals surface area contributed by atoms with Crippen LogP contribution in [0.15, 0.2) is 11.6 Å². The topological polar surface area (TPSA) is 79.3 Å². The number of thiazole rings is 1. The van der Waals surface area contributed by atoms with Gasteiger partial charge in [0.1, 0.15) is 0 Å². The van der Waals surface area contributed by atoms with Crippen molar-refractivity contribution in [2.75, 3.05) is 6.54 Å². The van der Waals surface area contributed by atoms with Crippen molar-refractivity contribution in [1.29, 1.82) is 0 Å². The Hall–Kier alpha value is -1.43. The first-order chi connectivity index (χ1) is 10.0. The van der Waals surface area contributed by atoms with Crippen LogP contribution in [0.5, 0.6) is 0 Å². The smallest absolute Gasteiger partial charge is 0.307 e. The van der Waals surface area contributed by atoms with E-state index in [2.05, 4.69) is 10.3 Å². The summed E-state index contributed by atoms with van der Waals surface area (Å²) >= 11 is 1.57. The second-order valence-electron chi connectivity index (χ2n) is 5.81. The van der Waals surface area contributed by atoms with Crippen LogP contribution in [0, 0.1) is 17.8 Å². The summed E-state index contributed by atoms with van der Waals surface area (Å²) in [5.41, 5.74) is 0. The first-order valence-corrected chi connectivity index (χ1v) is 8.30. The molecule has 2 rings (SSSR count). The van der Waals surface area contributed by atoms with Crippen molar-refractivity contribution in [2.24, 2.45) is 17.8 Å². The molecule has 116 valence electrons. The van der Waals surface area contributed by atoms with E-state index in [1.54, 1.807) is 17.5 Å². The molecular formula is C15H22N2O3S. The van der Waals surface area contributed by atoms with Crippen molar-refractivity contribution in [3.8, 4) is 0 Å². The lowest BCUT2D eigenvalue weighted by Crippen LogP contribution is -2.37. The van der Waals surface area contributed by atoms with Crippen LogP contribution in [-0.4, -0.2) is 28.5 Å². The van der Waals surface area contributed by atoms with Crippen LogP contribution < -0.4 is 5.32 Å². The Kier molecular flexibility index (Phi) is 5.33. The van der Waals surface area contributed by atoms with Gasteiger partial charge in [0, 0.05) is 24.0 Å². The minimum Gasteiger partial charge on any atom is -0.481 e. The molecule has 1 fully saturated rings. The molecule has 4 atom stereocenters. The molecule has 0 bridgehead atoms. The molecule has 6 heteroatoms. The lowest BCUT2D eigenvalue weighted by Gasteiger charge is -2.17. The molecule has 1 aromatic heterocycles. The van der Waals surface area contributed by atoms with Gasteiger partial charge in [-0.15, -0.1) is 11.3 Å². The fraction of sp³-hybridized carbons (Fsp3) is 0.667. The molecule has 2 unspecified atom stereocenters. The Morgan fingerprint density at radius 3 is 2.76 bits per heavy atom. The molecule has 0 spiro atoms. The highest BCUT2D eigenvalue weighted by Gasteiger charge is 2.42. The Morgan fingerprint density at radius 1 is 1.48 bits per heavy atom. The summed E-state index contributed by atoms with van der Waals surface area (Å²) in [6.07, 6.45) is 3.99. The van der Waals surface area contributed by atoms with E-state index in [9.17, 15) is 14.7 Å². The van der Waals surface area contributed by atoms with E-state index < -0.39 is 17.8 Å². The van der Waals surface area contributed by atoms with Gasteiger partial charge in [-0.25, -0.2) is 4.98 Å². The average Bonchev–Trinajstić information content (AvgIpc) is 3.12. The molecule has 5 nitrogen and oxygen atoms in total. The first kappa shape index (κ1) is 15.9. The van der Waals surface area contributed by atoms with Gasteiger partial charge in [-0.1, -0.05) is 20.3 Å². The van der Waals surface area contributed by atoms with Gasteiger partial charge < -0.3 is 10.4 Å². The minimum atomic E-state index is -0.848. The summed E-state index contributed by atoms with van der Waals surface area (Å²) in [5.74, 6) is -1.40. The normalized spacial score (nSPS) is 26.5. The summed E-state index contributed by atoms with van der Waals surface area (Å²) in [5, 5.41) is 15.1. The van der Waals surface area contributed by atoms with Crippen molar-refractivity contribution in [3.05, 3.63) is 16.6 Å². The Morgan fingerprint density at radius 2 is 2.19 bits per heavy atom.